The first-order chi connectivity index (χ1) is 10.3. The van der Waals surface area contributed by atoms with Gasteiger partial charge in [0.2, 0.25) is 5.91 Å². The number of carbonyl (C=O) groups is 1. The van der Waals surface area contributed by atoms with E-state index in [2.05, 4.69) is 14.9 Å². The number of fused-ring (bicyclic) bond motifs is 4. The number of aromatic nitrogens is 2. The molecule has 21 heavy (non-hydrogen) atoms. The van der Waals surface area contributed by atoms with Crippen molar-refractivity contribution in [3.8, 4) is 0 Å². The number of nitrogens with zero attached hydrogens (tertiary/aromatic N) is 3. The average molecular weight is 285 g/mol. The molecule has 2 atom stereocenters. The van der Waals surface area contributed by atoms with Gasteiger partial charge in [-0.05, 0) is 31.6 Å². The van der Waals surface area contributed by atoms with Gasteiger partial charge in [0.1, 0.15) is 6.33 Å². The van der Waals surface area contributed by atoms with Crippen molar-refractivity contribution in [2.45, 2.75) is 69.9 Å². The highest BCUT2D eigenvalue weighted by Gasteiger charge is 2.43. The standard InChI is InChI=1S/C17H23N3O/c21-17(8-12-4-2-1-3-5-12)20-13-6-7-16(20)14-10-18-11-19-15(14)9-13/h10-13,16H,1-9H2. The van der Waals surface area contributed by atoms with Crippen LogP contribution < -0.4 is 0 Å². The number of hydrogen-bond acceptors (Lipinski definition) is 3. The highest BCUT2D eigenvalue weighted by atomic mass is 16.2. The summed E-state index contributed by atoms with van der Waals surface area (Å²) >= 11 is 0. The highest BCUT2D eigenvalue weighted by Crippen LogP contribution is 2.43. The van der Waals surface area contributed by atoms with Crippen LogP contribution in [-0.2, 0) is 11.2 Å². The van der Waals surface area contributed by atoms with E-state index in [4.69, 9.17) is 0 Å². The summed E-state index contributed by atoms with van der Waals surface area (Å²) < 4.78 is 0. The van der Waals surface area contributed by atoms with Crippen LogP contribution in [0.4, 0.5) is 0 Å². The molecule has 0 N–H and O–H groups in total. The van der Waals surface area contributed by atoms with E-state index in [1.807, 2.05) is 6.20 Å². The lowest BCUT2D eigenvalue weighted by atomic mass is 9.86. The number of rotatable bonds is 2. The molecular weight excluding hydrogens is 262 g/mol. The molecule has 1 amide bonds. The Morgan fingerprint density at radius 1 is 1.19 bits per heavy atom. The molecule has 2 fully saturated rings. The van der Waals surface area contributed by atoms with E-state index in [-0.39, 0.29) is 6.04 Å². The zero-order chi connectivity index (χ0) is 14.2. The minimum absolute atomic E-state index is 0.246. The fourth-order valence-electron chi connectivity index (χ4n) is 4.55. The molecule has 4 nitrogen and oxygen atoms in total. The quantitative estimate of drug-likeness (QED) is 0.839. The maximum absolute atomic E-state index is 12.8. The molecule has 2 bridgehead atoms. The fourth-order valence-corrected chi connectivity index (χ4v) is 4.55. The van der Waals surface area contributed by atoms with Crippen molar-refractivity contribution in [2.24, 2.45) is 5.92 Å². The van der Waals surface area contributed by atoms with E-state index in [0.29, 0.717) is 17.9 Å². The predicted molar refractivity (Wildman–Crippen MR) is 79.5 cm³/mol. The van der Waals surface area contributed by atoms with Crippen molar-refractivity contribution in [1.29, 1.82) is 0 Å². The number of amides is 1. The van der Waals surface area contributed by atoms with Gasteiger partial charge in [0.25, 0.3) is 0 Å². The van der Waals surface area contributed by atoms with Gasteiger partial charge in [0.05, 0.1) is 11.7 Å². The largest absolute Gasteiger partial charge is 0.332 e. The molecule has 3 heterocycles. The zero-order valence-electron chi connectivity index (χ0n) is 12.5. The molecule has 1 aliphatic carbocycles. The lowest BCUT2D eigenvalue weighted by molar-refractivity contribution is -0.136. The van der Waals surface area contributed by atoms with E-state index in [1.54, 1.807) is 6.33 Å². The van der Waals surface area contributed by atoms with Gasteiger partial charge in [-0.25, -0.2) is 9.97 Å². The fraction of sp³-hybridized carbons (Fsp3) is 0.706. The van der Waals surface area contributed by atoms with Crippen LogP contribution >= 0.6 is 0 Å². The van der Waals surface area contributed by atoms with Crippen molar-refractivity contribution >= 4 is 5.91 Å². The van der Waals surface area contributed by atoms with Crippen molar-refractivity contribution in [2.75, 3.05) is 0 Å². The Morgan fingerprint density at radius 2 is 2.05 bits per heavy atom. The first-order valence-electron chi connectivity index (χ1n) is 8.43. The minimum Gasteiger partial charge on any atom is -0.332 e. The molecule has 2 unspecified atom stereocenters. The van der Waals surface area contributed by atoms with Gasteiger partial charge in [-0.1, -0.05) is 19.3 Å². The summed E-state index contributed by atoms with van der Waals surface area (Å²) in [5.74, 6) is 1.00. The van der Waals surface area contributed by atoms with E-state index >= 15 is 0 Å². The zero-order valence-corrected chi connectivity index (χ0v) is 12.5. The molecule has 3 aliphatic rings. The molecule has 1 saturated heterocycles. The van der Waals surface area contributed by atoms with E-state index in [0.717, 1.165) is 25.7 Å². The normalized spacial score (nSPS) is 28.5. The Bertz CT molecular complexity index is 539. The van der Waals surface area contributed by atoms with Crippen LogP contribution in [0.15, 0.2) is 12.5 Å². The Balaban J connectivity index is 1.52. The molecule has 4 heteroatoms. The van der Waals surface area contributed by atoms with Gasteiger partial charge in [-0.2, -0.15) is 0 Å². The van der Waals surface area contributed by atoms with Crippen molar-refractivity contribution in [1.82, 2.24) is 14.9 Å². The van der Waals surface area contributed by atoms with Crippen LogP contribution in [0.3, 0.4) is 0 Å². The highest BCUT2D eigenvalue weighted by molar-refractivity contribution is 5.78. The maximum atomic E-state index is 12.8. The lowest BCUT2D eigenvalue weighted by Crippen LogP contribution is -2.43. The second-order valence-corrected chi connectivity index (χ2v) is 6.89. The van der Waals surface area contributed by atoms with Gasteiger partial charge in [-0.15, -0.1) is 0 Å². The van der Waals surface area contributed by atoms with Crippen LogP contribution in [0.25, 0.3) is 0 Å². The van der Waals surface area contributed by atoms with E-state index in [9.17, 15) is 4.79 Å². The van der Waals surface area contributed by atoms with Gasteiger partial charge in [-0.3, -0.25) is 4.79 Å². The maximum Gasteiger partial charge on any atom is 0.223 e. The molecule has 1 aromatic heterocycles. The molecule has 0 spiro atoms. The Hall–Kier alpha value is -1.45. The summed E-state index contributed by atoms with van der Waals surface area (Å²) in [4.78, 5) is 23.6. The predicted octanol–water partition coefficient (Wildman–Crippen LogP) is 3.04. The van der Waals surface area contributed by atoms with Crippen molar-refractivity contribution in [3.63, 3.8) is 0 Å². The smallest absolute Gasteiger partial charge is 0.223 e. The summed E-state index contributed by atoms with van der Waals surface area (Å²) in [5, 5.41) is 0. The topological polar surface area (TPSA) is 46.1 Å². The first-order valence-corrected chi connectivity index (χ1v) is 8.43. The molecule has 0 aromatic carbocycles. The van der Waals surface area contributed by atoms with E-state index in [1.165, 1.54) is 43.4 Å². The third-order valence-corrected chi connectivity index (χ3v) is 5.59. The third kappa shape index (κ3) is 2.34. The summed E-state index contributed by atoms with van der Waals surface area (Å²) in [6.45, 7) is 0. The molecule has 0 radical (unpaired) electrons. The molecular formula is C17H23N3O. The van der Waals surface area contributed by atoms with Gasteiger partial charge in [0, 0.05) is 30.6 Å². The van der Waals surface area contributed by atoms with Crippen molar-refractivity contribution in [3.05, 3.63) is 23.8 Å². The van der Waals surface area contributed by atoms with Crippen LogP contribution in [0.2, 0.25) is 0 Å². The second kappa shape index (κ2) is 5.39. The van der Waals surface area contributed by atoms with Crippen LogP contribution in [-0.4, -0.2) is 26.8 Å². The first kappa shape index (κ1) is 13.2. The molecule has 112 valence electrons. The van der Waals surface area contributed by atoms with Crippen LogP contribution in [0.1, 0.15) is 68.7 Å². The number of carbonyl (C=O) groups excluding carboxylic acids is 1. The summed E-state index contributed by atoms with van der Waals surface area (Å²) in [6, 6.07) is 0.629. The Labute approximate surface area is 126 Å². The molecule has 1 saturated carbocycles. The van der Waals surface area contributed by atoms with Gasteiger partial charge in [0.15, 0.2) is 0 Å². The monoisotopic (exact) mass is 285 g/mol. The number of hydrogen-bond donors (Lipinski definition) is 0. The van der Waals surface area contributed by atoms with Crippen LogP contribution in [0.5, 0.6) is 0 Å². The summed E-state index contributed by atoms with van der Waals surface area (Å²) in [5.41, 5.74) is 2.36. The van der Waals surface area contributed by atoms with E-state index < -0.39 is 0 Å². The Morgan fingerprint density at radius 3 is 2.90 bits per heavy atom. The summed E-state index contributed by atoms with van der Waals surface area (Å²) in [7, 11) is 0. The molecule has 4 rings (SSSR count). The third-order valence-electron chi connectivity index (χ3n) is 5.59. The summed E-state index contributed by atoms with van der Waals surface area (Å²) in [6.07, 6.45) is 13.9. The van der Waals surface area contributed by atoms with Gasteiger partial charge >= 0.3 is 0 Å². The van der Waals surface area contributed by atoms with Gasteiger partial charge < -0.3 is 4.90 Å². The SMILES string of the molecule is O=C(CC1CCCCC1)N1C2CCC1c1cncnc1C2. The average Bonchev–Trinajstić information content (AvgIpc) is 2.84. The Kier molecular flexibility index (Phi) is 3.40. The minimum atomic E-state index is 0.246. The lowest BCUT2D eigenvalue weighted by Gasteiger charge is -2.36. The van der Waals surface area contributed by atoms with Crippen molar-refractivity contribution < 1.29 is 4.79 Å². The molecule has 2 aliphatic heterocycles. The second-order valence-electron chi connectivity index (χ2n) is 6.89. The molecule has 1 aromatic rings. The van der Waals surface area contributed by atoms with Crippen LogP contribution in [0, 0.1) is 5.92 Å².